The maximum absolute atomic E-state index is 9.44. The van der Waals surface area contributed by atoms with E-state index in [0.717, 1.165) is 25.2 Å². The molecule has 0 radical (unpaired) electrons. The number of ether oxygens (including phenoxy) is 1. The minimum atomic E-state index is 0.167. The number of hydrogen-bond acceptors (Lipinski definition) is 3. The molecule has 1 aliphatic heterocycles. The normalized spacial score (nSPS) is 16.3. The standard InChI is InChI=1S/C19H31NO.C3H6O/c1-3-17(2)18-11-6-7-12-19(18)21-16-10-15-20-13-8-4-5-9-14-20;1-3(2)4/h6-7,11-12,17H,3-5,8-10,13-16H2,1-2H3;1-2H3. The summed E-state index contributed by atoms with van der Waals surface area (Å²) in [6.07, 6.45) is 7.86. The molecule has 0 aliphatic carbocycles. The Kier molecular flexibility index (Phi) is 11.2. The lowest BCUT2D eigenvalue weighted by molar-refractivity contribution is -0.114. The number of ketones is 1. The summed E-state index contributed by atoms with van der Waals surface area (Å²) in [7, 11) is 0. The Labute approximate surface area is 154 Å². The largest absolute Gasteiger partial charge is 0.493 e. The minimum Gasteiger partial charge on any atom is -0.493 e. The lowest BCUT2D eigenvalue weighted by Crippen LogP contribution is -2.26. The monoisotopic (exact) mass is 347 g/mol. The van der Waals surface area contributed by atoms with Crippen molar-refractivity contribution in [3.8, 4) is 5.75 Å². The van der Waals surface area contributed by atoms with Crippen LogP contribution in [0.4, 0.5) is 0 Å². The van der Waals surface area contributed by atoms with Crippen LogP contribution in [0.5, 0.6) is 5.75 Å². The summed E-state index contributed by atoms with van der Waals surface area (Å²) in [5.74, 6) is 1.83. The van der Waals surface area contributed by atoms with Gasteiger partial charge in [-0.2, -0.15) is 0 Å². The maximum atomic E-state index is 9.44. The highest BCUT2D eigenvalue weighted by Crippen LogP contribution is 2.28. The Bertz CT molecular complexity index is 475. The molecule has 2 rings (SSSR count). The first-order valence-electron chi connectivity index (χ1n) is 9.95. The van der Waals surface area contributed by atoms with E-state index in [2.05, 4.69) is 43.0 Å². The highest BCUT2D eigenvalue weighted by atomic mass is 16.5. The number of rotatable bonds is 7. The fraction of sp³-hybridized carbons (Fsp3) is 0.682. The van der Waals surface area contributed by atoms with Crippen LogP contribution in [0, 0.1) is 0 Å². The van der Waals surface area contributed by atoms with Crippen LogP contribution in [0.25, 0.3) is 0 Å². The molecule has 1 aromatic carbocycles. The maximum Gasteiger partial charge on any atom is 0.126 e. The molecule has 1 saturated heterocycles. The molecule has 3 nitrogen and oxygen atoms in total. The first-order chi connectivity index (χ1) is 12.0. The van der Waals surface area contributed by atoms with Gasteiger partial charge in [0.15, 0.2) is 0 Å². The molecule has 1 atom stereocenters. The smallest absolute Gasteiger partial charge is 0.126 e. The van der Waals surface area contributed by atoms with E-state index in [9.17, 15) is 4.79 Å². The third-order valence-corrected chi connectivity index (χ3v) is 4.64. The van der Waals surface area contributed by atoms with E-state index in [-0.39, 0.29) is 5.78 Å². The summed E-state index contributed by atoms with van der Waals surface area (Å²) in [5.41, 5.74) is 1.36. The highest BCUT2D eigenvalue weighted by molar-refractivity contribution is 5.72. The van der Waals surface area contributed by atoms with Crippen molar-refractivity contribution in [1.29, 1.82) is 0 Å². The molecular formula is C22H37NO2. The van der Waals surface area contributed by atoms with Gasteiger partial charge in [0.05, 0.1) is 6.61 Å². The fourth-order valence-corrected chi connectivity index (χ4v) is 3.07. The first-order valence-corrected chi connectivity index (χ1v) is 9.95. The zero-order valence-corrected chi connectivity index (χ0v) is 16.7. The molecule has 1 aliphatic rings. The van der Waals surface area contributed by atoms with Crippen LogP contribution in [-0.2, 0) is 4.79 Å². The van der Waals surface area contributed by atoms with Crippen molar-refractivity contribution in [2.75, 3.05) is 26.2 Å². The summed E-state index contributed by atoms with van der Waals surface area (Å²) in [5, 5.41) is 0. The third-order valence-electron chi connectivity index (χ3n) is 4.64. The van der Waals surface area contributed by atoms with E-state index >= 15 is 0 Å². The van der Waals surface area contributed by atoms with Crippen LogP contribution < -0.4 is 4.74 Å². The number of carbonyl (C=O) groups is 1. The van der Waals surface area contributed by atoms with Gasteiger partial charge in [0, 0.05) is 6.54 Å². The van der Waals surface area contributed by atoms with Crippen LogP contribution in [0.3, 0.4) is 0 Å². The molecule has 142 valence electrons. The Balaban J connectivity index is 0.000000705. The highest BCUT2D eigenvalue weighted by Gasteiger charge is 2.10. The summed E-state index contributed by atoms with van der Waals surface area (Å²) >= 11 is 0. The average molecular weight is 348 g/mol. The SMILES string of the molecule is CC(C)=O.CCC(C)c1ccccc1OCCCN1CCCCCC1. The number of Topliss-reactive ketones (excluding diaryl/α,β-unsaturated/α-hetero) is 1. The van der Waals surface area contributed by atoms with Gasteiger partial charge in [0.1, 0.15) is 11.5 Å². The number of nitrogens with zero attached hydrogens (tertiary/aromatic N) is 1. The van der Waals surface area contributed by atoms with Crippen molar-refractivity contribution in [1.82, 2.24) is 4.90 Å². The summed E-state index contributed by atoms with van der Waals surface area (Å²) in [6.45, 7) is 12.2. The summed E-state index contributed by atoms with van der Waals surface area (Å²) in [4.78, 5) is 12.1. The molecule has 1 unspecified atom stereocenters. The van der Waals surface area contributed by atoms with Crippen LogP contribution in [0.2, 0.25) is 0 Å². The molecule has 1 heterocycles. The van der Waals surface area contributed by atoms with Gasteiger partial charge in [0.25, 0.3) is 0 Å². The predicted molar refractivity (Wildman–Crippen MR) is 107 cm³/mol. The van der Waals surface area contributed by atoms with E-state index in [1.807, 2.05) is 0 Å². The van der Waals surface area contributed by atoms with Gasteiger partial charge in [-0.05, 0) is 70.2 Å². The van der Waals surface area contributed by atoms with Crippen molar-refractivity contribution >= 4 is 5.78 Å². The summed E-state index contributed by atoms with van der Waals surface area (Å²) < 4.78 is 6.06. The van der Waals surface area contributed by atoms with Gasteiger partial charge >= 0.3 is 0 Å². The fourth-order valence-electron chi connectivity index (χ4n) is 3.07. The Morgan fingerprint density at radius 1 is 1.12 bits per heavy atom. The molecule has 1 fully saturated rings. The summed E-state index contributed by atoms with van der Waals surface area (Å²) in [6, 6.07) is 8.52. The Hall–Kier alpha value is -1.35. The number of hydrogen-bond donors (Lipinski definition) is 0. The number of benzene rings is 1. The quantitative estimate of drug-likeness (QED) is 0.615. The second-order valence-electron chi connectivity index (χ2n) is 7.21. The number of carbonyl (C=O) groups excluding carboxylic acids is 1. The zero-order valence-electron chi connectivity index (χ0n) is 16.7. The molecule has 0 saturated carbocycles. The second kappa shape index (κ2) is 12.9. The van der Waals surface area contributed by atoms with Gasteiger partial charge < -0.3 is 14.4 Å². The van der Waals surface area contributed by atoms with Crippen LogP contribution in [0.1, 0.15) is 77.7 Å². The van der Waals surface area contributed by atoms with Crippen molar-refractivity contribution in [3.05, 3.63) is 29.8 Å². The second-order valence-corrected chi connectivity index (χ2v) is 7.21. The molecule has 25 heavy (non-hydrogen) atoms. The number of para-hydroxylation sites is 1. The van der Waals surface area contributed by atoms with Gasteiger partial charge in [-0.25, -0.2) is 0 Å². The van der Waals surface area contributed by atoms with Gasteiger partial charge in [-0.15, -0.1) is 0 Å². The first kappa shape index (κ1) is 21.7. The van der Waals surface area contributed by atoms with Crippen molar-refractivity contribution in [3.63, 3.8) is 0 Å². The van der Waals surface area contributed by atoms with Crippen LogP contribution in [0.15, 0.2) is 24.3 Å². The van der Waals surface area contributed by atoms with E-state index < -0.39 is 0 Å². The van der Waals surface area contributed by atoms with Crippen LogP contribution >= 0.6 is 0 Å². The molecular weight excluding hydrogens is 310 g/mol. The van der Waals surface area contributed by atoms with E-state index in [1.54, 1.807) is 0 Å². The zero-order chi connectivity index (χ0) is 18.5. The lowest BCUT2D eigenvalue weighted by Gasteiger charge is -2.20. The van der Waals surface area contributed by atoms with Crippen LogP contribution in [-0.4, -0.2) is 36.9 Å². The molecule has 0 amide bonds. The van der Waals surface area contributed by atoms with E-state index in [0.29, 0.717) is 5.92 Å². The number of likely N-dealkylation sites (tertiary alicyclic amines) is 1. The predicted octanol–water partition coefficient (Wildman–Crippen LogP) is 5.44. The molecule has 1 aromatic rings. The molecule has 0 spiro atoms. The molecule has 3 heteroatoms. The average Bonchev–Trinajstić information content (AvgIpc) is 2.87. The molecule has 0 bridgehead atoms. The van der Waals surface area contributed by atoms with Crippen molar-refractivity contribution in [2.45, 2.75) is 72.1 Å². The van der Waals surface area contributed by atoms with E-state index in [1.165, 1.54) is 64.7 Å². The van der Waals surface area contributed by atoms with Crippen molar-refractivity contribution < 1.29 is 9.53 Å². The molecule has 0 aromatic heterocycles. The van der Waals surface area contributed by atoms with Gasteiger partial charge in [0.2, 0.25) is 0 Å². The van der Waals surface area contributed by atoms with Gasteiger partial charge in [-0.1, -0.05) is 44.9 Å². The Morgan fingerprint density at radius 2 is 1.72 bits per heavy atom. The molecule has 0 N–H and O–H groups in total. The van der Waals surface area contributed by atoms with Gasteiger partial charge in [-0.3, -0.25) is 0 Å². The van der Waals surface area contributed by atoms with E-state index in [4.69, 9.17) is 4.74 Å². The lowest BCUT2D eigenvalue weighted by atomic mass is 9.98. The minimum absolute atomic E-state index is 0.167. The van der Waals surface area contributed by atoms with Crippen molar-refractivity contribution in [2.24, 2.45) is 0 Å². The third kappa shape index (κ3) is 9.64. The Morgan fingerprint density at radius 3 is 2.32 bits per heavy atom. The topological polar surface area (TPSA) is 29.5 Å².